The van der Waals surface area contributed by atoms with Crippen LogP contribution in [0.1, 0.15) is 43.3 Å². The molecule has 142 valence electrons. The number of hydrogen-bond donors (Lipinski definition) is 1. The molecule has 0 atom stereocenters. The van der Waals surface area contributed by atoms with Gasteiger partial charge in [0.2, 0.25) is 5.91 Å². The van der Waals surface area contributed by atoms with Gasteiger partial charge in [0.25, 0.3) is 0 Å². The lowest BCUT2D eigenvalue weighted by molar-refractivity contribution is -0.132. The third-order valence-corrected chi connectivity index (χ3v) is 6.67. The lowest BCUT2D eigenvalue weighted by Gasteiger charge is -2.26. The Morgan fingerprint density at radius 1 is 1.26 bits per heavy atom. The van der Waals surface area contributed by atoms with Gasteiger partial charge in [-0.3, -0.25) is 4.79 Å². The Bertz CT molecular complexity index is 976. The van der Waals surface area contributed by atoms with Gasteiger partial charge in [0.1, 0.15) is 0 Å². The van der Waals surface area contributed by atoms with E-state index < -0.39 is 0 Å². The van der Waals surface area contributed by atoms with E-state index in [2.05, 4.69) is 49.3 Å². The van der Waals surface area contributed by atoms with Crippen molar-refractivity contribution in [3.8, 4) is 0 Å². The minimum absolute atomic E-state index is 0.247. The molecular weight excluding hydrogens is 376 g/mol. The van der Waals surface area contributed by atoms with Gasteiger partial charge >= 0.3 is 0 Å². The van der Waals surface area contributed by atoms with Crippen LogP contribution >= 0.6 is 22.7 Å². The fourth-order valence-corrected chi connectivity index (χ4v) is 5.29. The number of aryl methyl sites for hydroxylation is 1. The number of aromatic nitrogens is 2. The Hall–Kier alpha value is -1.99. The number of amides is 1. The maximum Gasteiger partial charge on any atom is 0.223 e. The van der Waals surface area contributed by atoms with Crippen LogP contribution in [0.15, 0.2) is 18.2 Å². The highest BCUT2D eigenvalue weighted by Gasteiger charge is 2.24. The average Bonchev–Trinajstić information content (AvgIpc) is 3.22. The highest BCUT2D eigenvalue weighted by Crippen LogP contribution is 2.33. The Morgan fingerprint density at radius 2 is 2.07 bits per heavy atom. The predicted octanol–water partition coefficient (Wildman–Crippen LogP) is 4.99. The van der Waals surface area contributed by atoms with E-state index in [1.54, 1.807) is 22.7 Å². The first kappa shape index (κ1) is 18.4. The lowest BCUT2D eigenvalue weighted by Crippen LogP contribution is -2.36. The molecule has 0 unspecified atom stereocenters. The van der Waals surface area contributed by atoms with Crippen molar-refractivity contribution in [3.63, 3.8) is 0 Å². The van der Waals surface area contributed by atoms with E-state index >= 15 is 0 Å². The van der Waals surface area contributed by atoms with E-state index in [1.165, 1.54) is 15.1 Å². The first-order valence-electron chi connectivity index (χ1n) is 9.44. The molecule has 0 radical (unpaired) electrons. The molecule has 27 heavy (non-hydrogen) atoms. The zero-order valence-electron chi connectivity index (χ0n) is 15.9. The molecule has 0 saturated carbocycles. The van der Waals surface area contributed by atoms with E-state index in [-0.39, 0.29) is 5.91 Å². The zero-order valence-corrected chi connectivity index (χ0v) is 17.5. The molecule has 7 heteroatoms. The second kappa shape index (κ2) is 7.56. The number of thiazole rings is 2. The smallest absolute Gasteiger partial charge is 0.223 e. The third kappa shape index (κ3) is 3.99. The Morgan fingerprint density at radius 3 is 2.85 bits per heavy atom. The molecule has 4 rings (SSSR count). The number of anilines is 2. The van der Waals surface area contributed by atoms with Crippen molar-refractivity contribution in [2.24, 2.45) is 5.92 Å². The molecule has 1 aliphatic rings. The van der Waals surface area contributed by atoms with Gasteiger partial charge in [-0.15, -0.1) is 0 Å². The second-order valence-electron chi connectivity index (χ2n) is 7.35. The highest BCUT2D eigenvalue weighted by molar-refractivity contribution is 7.22. The average molecular weight is 401 g/mol. The molecule has 2 aromatic heterocycles. The topological polar surface area (TPSA) is 58.1 Å². The van der Waals surface area contributed by atoms with Crippen LogP contribution in [0, 0.1) is 5.92 Å². The fraction of sp³-hybridized carbons (Fsp3) is 0.450. The number of rotatable bonds is 5. The van der Waals surface area contributed by atoms with Crippen molar-refractivity contribution < 1.29 is 4.79 Å². The largest absolute Gasteiger partial charge is 0.337 e. The van der Waals surface area contributed by atoms with Crippen LogP contribution in [0.2, 0.25) is 0 Å². The number of nitrogens with zero attached hydrogens (tertiary/aromatic N) is 3. The van der Waals surface area contributed by atoms with Gasteiger partial charge in [0.15, 0.2) is 10.3 Å². The number of carbonyl (C=O) groups is 1. The molecular formula is C20H24N4OS2. The monoisotopic (exact) mass is 400 g/mol. The molecule has 1 N–H and O–H groups in total. The van der Waals surface area contributed by atoms with Crippen molar-refractivity contribution in [2.75, 3.05) is 11.9 Å². The number of carbonyl (C=O) groups excluding carboxylic acids is 1. The molecule has 1 aliphatic heterocycles. The summed E-state index contributed by atoms with van der Waals surface area (Å²) in [4.78, 5) is 24.9. The van der Waals surface area contributed by atoms with E-state index in [1.807, 2.05) is 4.90 Å². The summed E-state index contributed by atoms with van der Waals surface area (Å²) < 4.78 is 1.20. The highest BCUT2D eigenvalue weighted by atomic mass is 32.1. The predicted molar refractivity (Wildman–Crippen MR) is 113 cm³/mol. The summed E-state index contributed by atoms with van der Waals surface area (Å²) in [6.45, 7) is 7.78. The third-order valence-electron chi connectivity index (χ3n) is 4.74. The fourth-order valence-electron chi connectivity index (χ4n) is 3.27. The summed E-state index contributed by atoms with van der Waals surface area (Å²) >= 11 is 3.30. The molecule has 3 aromatic rings. The molecule has 0 spiro atoms. The van der Waals surface area contributed by atoms with Gasteiger partial charge in [-0.05, 0) is 30.0 Å². The molecule has 5 nitrogen and oxygen atoms in total. The minimum atomic E-state index is 0.247. The normalized spacial score (nSPS) is 14.0. The van der Waals surface area contributed by atoms with Crippen molar-refractivity contribution in [1.29, 1.82) is 0 Å². The Kier molecular flexibility index (Phi) is 5.14. The number of nitrogens with one attached hydrogen (secondary N) is 1. The number of hydrogen-bond acceptors (Lipinski definition) is 6. The summed E-state index contributed by atoms with van der Waals surface area (Å²) in [6.07, 6.45) is 2.48. The van der Waals surface area contributed by atoms with Crippen molar-refractivity contribution >= 4 is 49.1 Å². The molecule has 1 aromatic carbocycles. The standard InChI is InChI=1S/C20H24N4OS2/c1-4-13-5-6-14-16(10-13)26-19(21-14)23-20-22-15-7-8-24(11-17(15)27-20)18(25)9-12(2)3/h5-6,10,12H,4,7-9,11H2,1-3H3,(H,21,22,23). The van der Waals surface area contributed by atoms with E-state index in [4.69, 9.17) is 4.98 Å². The summed E-state index contributed by atoms with van der Waals surface area (Å²) in [5.74, 6) is 0.640. The van der Waals surface area contributed by atoms with Crippen LogP contribution < -0.4 is 5.32 Å². The van der Waals surface area contributed by atoms with Crippen LogP contribution in [0.3, 0.4) is 0 Å². The van der Waals surface area contributed by atoms with Crippen LogP contribution in [-0.2, 0) is 24.2 Å². The maximum absolute atomic E-state index is 12.4. The van der Waals surface area contributed by atoms with Crippen molar-refractivity contribution in [3.05, 3.63) is 34.3 Å². The van der Waals surface area contributed by atoms with E-state index in [0.29, 0.717) is 18.9 Å². The van der Waals surface area contributed by atoms with Gasteiger partial charge in [-0.2, -0.15) is 0 Å². The zero-order chi connectivity index (χ0) is 19.0. The molecule has 0 bridgehead atoms. The molecule has 0 fully saturated rings. The van der Waals surface area contributed by atoms with Crippen LogP contribution in [-0.4, -0.2) is 27.3 Å². The van der Waals surface area contributed by atoms with Gasteiger partial charge in [0.05, 0.1) is 22.5 Å². The van der Waals surface area contributed by atoms with Crippen molar-refractivity contribution in [2.45, 2.75) is 46.6 Å². The molecule has 0 aliphatic carbocycles. The van der Waals surface area contributed by atoms with Crippen molar-refractivity contribution in [1.82, 2.24) is 14.9 Å². The second-order valence-corrected chi connectivity index (χ2v) is 9.47. The van der Waals surface area contributed by atoms with E-state index in [0.717, 1.165) is 40.9 Å². The summed E-state index contributed by atoms with van der Waals surface area (Å²) in [5.41, 5.74) is 3.46. The Labute approximate surface area is 167 Å². The first-order valence-corrected chi connectivity index (χ1v) is 11.1. The number of benzene rings is 1. The quantitative estimate of drug-likeness (QED) is 0.655. The van der Waals surface area contributed by atoms with Gasteiger partial charge in [-0.1, -0.05) is 49.5 Å². The summed E-state index contributed by atoms with van der Waals surface area (Å²) in [7, 11) is 0. The molecule has 1 amide bonds. The lowest BCUT2D eigenvalue weighted by atomic mass is 10.1. The minimum Gasteiger partial charge on any atom is -0.337 e. The maximum atomic E-state index is 12.4. The van der Waals surface area contributed by atoms with Crippen LogP contribution in [0.4, 0.5) is 10.3 Å². The van der Waals surface area contributed by atoms with Crippen LogP contribution in [0.25, 0.3) is 10.2 Å². The molecule has 0 saturated heterocycles. The first-order chi connectivity index (χ1) is 13.0. The van der Waals surface area contributed by atoms with Crippen LogP contribution in [0.5, 0.6) is 0 Å². The molecule has 3 heterocycles. The number of fused-ring (bicyclic) bond motifs is 2. The van der Waals surface area contributed by atoms with E-state index in [9.17, 15) is 4.79 Å². The SMILES string of the molecule is CCc1ccc2nc(Nc3nc4c(s3)CN(C(=O)CC(C)C)CC4)sc2c1. The Balaban J connectivity index is 1.49. The van der Waals surface area contributed by atoms with Gasteiger partial charge < -0.3 is 10.2 Å². The van der Waals surface area contributed by atoms with Gasteiger partial charge in [-0.25, -0.2) is 9.97 Å². The summed E-state index contributed by atoms with van der Waals surface area (Å²) in [5, 5.41) is 5.12. The van der Waals surface area contributed by atoms with Gasteiger partial charge in [0, 0.05) is 24.3 Å². The summed E-state index contributed by atoms with van der Waals surface area (Å²) in [6, 6.07) is 6.43.